The summed E-state index contributed by atoms with van der Waals surface area (Å²) in [6, 6.07) is 11.8. The molecule has 5 nitrogen and oxygen atoms in total. The number of anilines is 1. The monoisotopic (exact) mass is 366 g/mol. The summed E-state index contributed by atoms with van der Waals surface area (Å²) in [6.45, 7) is 3.46. The number of hydrogen-bond donors (Lipinski definition) is 1. The Balaban J connectivity index is 1.98. The van der Waals surface area contributed by atoms with Crippen molar-refractivity contribution in [2.24, 2.45) is 0 Å². The van der Waals surface area contributed by atoms with Crippen molar-refractivity contribution in [2.45, 2.75) is 20.3 Å². The summed E-state index contributed by atoms with van der Waals surface area (Å²) in [7, 11) is 0. The molecule has 3 rings (SSSR count). The smallest absolute Gasteiger partial charge is 0.310 e. The maximum atomic E-state index is 14.1. The van der Waals surface area contributed by atoms with E-state index < -0.39 is 17.7 Å². The number of fused-ring (bicyclic) bond motifs is 1. The van der Waals surface area contributed by atoms with Crippen LogP contribution in [0.1, 0.15) is 28.4 Å². The molecule has 0 radical (unpaired) electrons. The average molecular weight is 366 g/mol. The van der Waals surface area contributed by atoms with Gasteiger partial charge in [-0.3, -0.25) is 14.6 Å². The number of aromatic nitrogens is 1. The molecule has 1 N–H and O–H groups in total. The number of hydrogen-bond acceptors (Lipinski definition) is 4. The molecular weight excluding hydrogens is 347 g/mol. The van der Waals surface area contributed by atoms with Crippen LogP contribution in [0.25, 0.3) is 10.9 Å². The first kappa shape index (κ1) is 18.5. The van der Waals surface area contributed by atoms with Gasteiger partial charge in [0, 0.05) is 17.1 Å². The molecule has 0 spiro atoms. The fourth-order valence-corrected chi connectivity index (χ4v) is 2.96. The minimum Gasteiger partial charge on any atom is -0.466 e. The minimum absolute atomic E-state index is 0.106. The number of para-hydroxylation sites is 1. The molecule has 27 heavy (non-hydrogen) atoms. The molecule has 6 heteroatoms. The number of nitrogens with one attached hydrogen (secondary N) is 1. The number of nitrogens with zero attached hydrogens (tertiary/aromatic N) is 1. The lowest BCUT2D eigenvalue weighted by atomic mass is 9.98. The number of esters is 1. The van der Waals surface area contributed by atoms with Crippen LogP contribution in [-0.4, -0.2) is 23.5 Å². The van der Waals surface area contributed by atoms with Crippen molar-refractivity contribution in [3.63, 3.8) is 0 Å². The Kier molecular flexibility index (Phi) is 5.45. The van der Waals surface area contributed by atoms with Crippen molar-refractivity contribution >= 4 is 28.5 Å². The second-order valence-corrected chi connectivity index (χ2v) is 6.02. The lowest BCUT2D eigenvalue weighted by Crippen LogP contribution is -2.19. The minimum atomic E-state index is -0.510. The molecule has 0 saturated heterocycles. The highest BCUT2D eigenvalue weighted by molar-refractivity contribution is 6.10. The van der Waals surface area contributed by atoms with E-state index in [1.165, 1.54) is 19.1 Å². The third-order valence-electron chi connectivity index (χ3n) is 4.23. The van der Waals surface area contributed by atoms with Gasteiger partial charge in [0.1, 0.15) is 5.82 Å². The van der Waals surface area contributed by atoms with Gasteiger partial charge in [0.2, 0.25) is 0 Å². The van der Waals surface area contributed by atoms with E-state index in [4.69, 9.17) is 4.74 Å². The van der Waals surface area contributed by atoms with Crippen LogP contribution in [0.4, 0.5) is 10.1 Å². The van der Waals surface area contributed by atoms with Crippen LogP contribution in [0, 0.1) is 12.7 Å². The normalized spacial score (nSPS) is 10.6. The number of halogens is 1. The molecule has 1 aromatic heterocycles. The first-order valence-electron chi connectivity index (χ1n) is 8.60. The van der Waals surface area contributed by atoms with Crippen LogP contribution < -0.4 is 5.32 Å². The van der Waals surface area contributed by atoms with Gasteiger partial charge in [-0.15, -0.1) is 0 Å². The molecular formula is C21H19FN2O3. The number of carbonyl (C=O) groups excluding carboxylic acids is 2. The van der Waals surface area contributed by atoms with E-state index in [-0.39, 0.29) is 24.2 Å². The molecule has 0 saturated carbocycles. The van der Waals surface area contributed by atoms with Crippen LogP contribution in [-0.2, 0) is 16.0 Å². The Morgan fingerprint density at radius 1 is 1.15 bits per heavy atom. The fraction of sp³-hybridized carbons (Fsp3) is 0.190. The predicted molar refractivity (Wildman–Crippen MR) is 101 cm³/mol. The van der Waals surface area contributed by atoms with Crippen molar-refractivity contribution in [1.29, 1.82) is 0 Å². The number of benzene rings is 2. The van der Waals surface area contributed by atoms with Crippen LogP contribution in [0.2, 0.25) is 0 Å². The lowest BCUT2D eigenvalue weighted by molar-refractivity contribution is -0.142. The SMILES string of the molecule is CCOC(=O)Cc1ccc(F)c(C)c1C(=O)Nc1cccc2cccnc12. The van der Waals surface area contributed by atoms with Gasteiger partial charge < -0.3 is 10.1 Å². The number of ether oxygens (including phenoxy) is 1. The van der Waals surface area contributed by atoms with Gasteiger partial charge >= 0.3 is 5.97 Å². The van der Waals surface area contributed by atoms with Crippen LogP contribution in [0.3, 0.4) is 0 Å². The molecule has 2 aromatic carbocycles. The highest BCUT2D eigenvalue weighted by atomic mass is 19.1. The van der Waals surface area contributed by atoms with Gasteiger partial charge in [0.05, 0.1) is 24.2 Å². The number of rotatable bonds is 5. The van der Waals surface area contributed by atoms with Gasteiger partial charge in [0.25, 0.3) is 5.91 Å². The van der Waals surface area contributed by atoms with Gasteiger partial charge in [-0.25, -0.2) is 4.39 Å². The standard InChI is InChI=1S/C21H19FN2O3/c1-3-27-18(25)12-15-9-10-16(22)13(2)19(15)21(26)24-17-8-4-6-14-7-5-11-23-20(14)17/h4-11H,3,12H2,1-2H3,(H,24,26). The maximum Gasteiger partial charge on any atom is 0.310 e. The third kappa shape index (κ3) is 3.95. The van der Waals surface area contributed by atoms with Crippen molar-refractivity contribution in [3.8, 4) is 0 Å². The molecule has 0 fully saturated rings. The molecule has 0 aliphatic heterocycles. The van der Waals surface area contributed by atoms with Crippen LogP contribution in [0.5, 0.6) is 0 Å². The summed E-state index contributed by atoms with van der Waals surface area (Å²) in [6.07, 6.45) is 1.53. The zero-order valence-electron chi connectivity index (χ0n) is 15.1. The summed E-state index contributed by atoms with van der Waals surface area (Å²) in [4.78, 5) is 29.1. The van der Waals surface area contributed by atoms with E-state index in [1.807, 2.05) is 18.2 Å². The van der Waals surface area contributed by atoms with Crippen molar-refractivity contribution in [1.82, 2.24) is 4.98 Å². The summed E-state index contributed by atoms with van der Waals surface area (Å²) in [5.74, 6) is -1.47. The van der Waals surface area contributed by atoms with E-state index in [2.05, 4.69) is 10.3 Å². The van der Waals surface area contributed by atoms with Crippen molar-refractivity contribution in [3.05, 3.63) is 71.2 Å². The van der Waals surface area contributed by atoms with Gasteiger partial charge in [0.15, 0.2) is 0 Å². The molecule has 0 aliphatic carbocycles. The van der Waals surface area contributed by atoms with E-state index in [9.17, 15) is 14.0 Å². The predicted octanol–water partition coefficient (Wildman–Crippen LogP) is 4.04. The van der Waals surface area contributed by atoms with Crippen LogP contribution >= 0.6 is 0 Å². The second kappa shape index (κ2) is 7.95. The zero-order valence-corrected chi connectivity index (χ0v) is 15.1. The fourth-order valence-electron chi connectivity index (χ4n) is 2.96. The number of pyridine rings is 1. The van der Waals surface area contributed by atoms with Gasteiger partial charge in [-0.05, 0) is 43.2 Å². The van der Waals surface area contributed by atoms with E-state index in [0.29, 0.717) is 16.8 Å². The lowest BCUT2D eigenvalue weighted by Gasteiger charge is -2.14. The third-order valence-corrected chi connectivity index (χ3v) is 4.23. The molecule has 0 atom stereocenters. The van der Waals surface area contributed by atoms with Crippen molar-refractivity contribution < 1.29 is 18.7 Å². The Bertz CT molecular complexity index is 1010. The molecule has 0 bridgehead atoms. The summed E-state index contributed by atoms with van der Waals surface area (Å²) >= 11 is 0. The second-order valence-electron chi connectivity index (χ2n) is 6.02. The van der Waals surface area contributed by atoms with Crippen LogP contribution in [0.15, 0.2) is 48.7 Å². The molecule has 3 aromatic rings. The quantitative estimate of drug-likeness (QED) is 0.692. The molecule has 1 amide bonds. The van der Waals surface area contributed by atoms with Gasteiger partial charge in [-0.2, -0.15) is 0 Å². The number of carbonyl (C=O) groups is 2. The van der Waals surface area contributed by atoms with E-state index in [0.717, 1.165) is 5.39 Å². The summed E-state index contributed by atoms with van der Waals surface area (Å²) in [5, 5.41) is 3.67. The van der Waals surface area contributed by atoms with Gasteiger partial charge in [-0.1, -0.05) is 24.3 Å². The first-order chi connectivity index (χ1) is 13.0. The first-order valence-corrected chi connectivity index (χ1v) is 8.60. The average Bonchev–Trinajstić information content (AvgIpc) is 2.65. The largest absolute Gasteiger partial charge is 0.466 e. The molecule has 0 aliphatic rings. The van der Waals surface area contributed by atoms with E-state index >= 15 is 0 Å². The Hall–Kier alpha value is -3.28. The van der Waals surface area contributed by atoms with Crippen molar-refractivity contribution in [2.75, 3.05) is 11.9 Å². The summed E-state index contributed by atoms with van der Waals surface area (Å²) < 4.78 is 19.0. The Morgan fingerprint density at radius 3 is 2.70 bits per heavy atom. The molecule has 1 heterocycles. The molecule has 0 unspecified atom stereocenters. The maximum absolute atomic E-state index is 14.1. The Labute approximate surface area is 156 Å². The number of amides is 1. The molecule has 138 valence electrons. The van der Waals surface area contributed by atoms with E-state index in [1.54, 1.807) is 25.3 Å². The zero-order chi connectivity index (χ0) is 19.4. The highest BCUT2D eigenvalue weighted by Crippen LogP contribution is 2.24. The Morgan fingerprint density at radius 2 is 1.93 bits per heavy atom. The summed E-state index contributed by atoms with van der Waals surface area (Å²) in [5.41, 5.74) is 1.88. The topological polar surface area (TPSA) is 68.3 Å². The highest BCUT2D eigenvalue weighted by Gasteiger charge is 2.20.